The average Bonchev–Trinajstić information content (AvgIpc) is 2.51. The van der Waals surface area contributed by atoms with E-state index in [4.69, 9.17) is 14.5 Å². The van der Waals surface area contributed by atoms with Crippen molar-refractivity contribution in [3.05, 3.63) is 24.3 Å². The summed E-state index contributed by atoms with van der Waals surface area (Å²) in [5, 5.41) is 0. The summed E-state index contributed by atoms with van der Waals surface area (Å²) in [5.74, 6) is 1.45. The lowest BCUT2D eigenvalue weighted by molar-refractivity contribution is -0.00561. The first-order valence-electron chi connectivity index (χ1n) is 7.97. The molecule has 118 valence electrons. The summed E-state index contributed by atoms with van der Waals surface area (Å²) in [4.78, 5) is 11.7. The summed E-state index contributed by atoms with van der Waals surface area (Å²) in [5.41, 5.74) is 1.76. The number of anilines is 1. The second-order valence-corrected chi connectivity index (χ2v) is 5.85. The molecule has 1 aliphatic rings. The highest BCUT2D eigenvalue weighted by molar-refractivity contribution is 5.77. The Labute approximate surface area is 131 Å². The molecule has 0 aliphatic carbocycles. The van der Waals surface area contributed by atoms with E-state index < -0.39 is 0 Å². The Morgan fingerprint density at radius 1 is 1.14 bits per heavy atom. The lowest BCUT2D eigenvalue weighted by Gasteiger charge is -2.36. The second kappa shape index (κ2) is 6.48. The van der Waals surface area contributed by atoms with Crippen molar-refractivity contribution in [1.29, 1.82) is 0 Å². The standard InChI is InChI=1S/C17H23N3O2/c1-4-9-21-17-16(20-10-12(2)22-13(3)11-20)18-14-7-5-6-8-15(14)19-17/h5-8,12-13H,4,9-11H2,1-3H3. The van der Waals surface area contributed by atoms with E-state index in [1.165, 1.54) is 0 Å². The van der Waals surface area contributed by atoms with Crippen LogP contribution in [0.25, 0.3) is 11.0 Å². The quantitative estimate of drug-likeness (QED) is 0.868. The zero-order valence-corrected chi connectivity index (χ0v) is 13.5. The van der Waals surface area contributed by atoms with Crippen LogP contribution in [0.1, 0.15) is 27.2 Å². The molecule has 2 atom stereocenters. The van der Waals surface area contributed by atoms with Gasteiger partial charge in [0.1, 0.15) is 0 Å². The van der Waals surface area contributed by atoms with Crippen molar-refractivity contribution in [3.8, 4) is 5.88 Å². The SMILES string of the molecule is CCCOc1nc2ccccc2nc1N1CC(C)OC(C)C1. The van der Waals surface area contributed by atoms with E-state index in [1.54, 1.807) is 0 Å². The number of morpholine rings is 1. The monoisotopic (exact) mass is 301 g/mol. The van der Waals surface area contributed by atoms with Gasteiger partial charge in [0.15, 0.2) is 5.82 Å². The van der Waals surface area contributed by atoms with E-state index in [-0.39, 0.29) is 12.2 Å². The third kappa shape index (κ3) is 3.14. The molecule has 0 radical (unpaired) electrons. The molecule has 5 heteroatoms. The molecule has 0 amide bonds. The van der Waals surface area contributed by atoms with Gasteiger partial charge in [-0.3, -0.25) is 0 Å². The molecule has 2 unspecified atom stereocenters. The first kappa shape index (κ1) is 15.0. The van der Waals surface area contributed by atoms with Gasteiger partial charge in [-0.2, -0.15) is 0 Å². The van der Waals surface area contributed by atoms with Crippen molar-refractivity contribution in [1.82, 2.24) is 9.97 Å². The lowest BCUT2D eigenvalue weighted by Crippen LogP contribution is -2.46. The minimum Gasteiger partial charge on any atom is -0.475 e. The number of nitrogens with zero attached hydrogens (tertiary/aromatic N) is 3. The third-order valence-electron chi connectivity index (χ3n) is 3.68. The maximum absolute atomic E-state index is 5.86. The van der Waals surface area contributed by atoms with Crippen molar-refractivity contribution in [2.45, 2.75) is 39.4 Å². The number of benzene rings is 1. The van der Waals surface area contributed by atoms with Crippen LogP contribution in [0, 0.1) is 0 Å². The van der Waals surface area contributed by atoms with E-state index >= 15 is 0 Å². The molecule has 1 aromatic heterocycles. The van der Waals surface area contributed by atoms with Crippen LogP contribution in [0.3, 0.4) is 0 Å². The molecule has 1 fully saturated rings. The highest BCUT2D eigenvalue weighted by Crippen LogP contribution is 2.29. The van der Waals surface area contributed by atoms with Gasteiger partial charge < -0.3 is 14.4 Å². The van der Waals surface area contributed by atoms with E-state index in [0.29, 0.717) is 12.5 Å². The van der Waals surface area contributed by atoms with Crippen LogP contribution < -0.4 is 9.64 Å². The molecule has 2 aromatic rings. The third-order valence-corrected chi connectivity index (χ3v) is 3.68. The summed E-state index contributed by atoms with van der Waals surface area (Å²) in [6.07, 6.45) is 1.30. The molecular formula is C17H23N3O2. The molecular weight excluding hydrogens is 278 g/mol. The number of hydrogen-bond acceptors (Lipinski definition) is 5. The van der Waals surface area contributed by atoms with E-state index in [0.717, 1.165) is 36.4 Å². The van der Waals surface area contributed by atoms with Gasteiger partial charge in [-0.15, -0.1) is 0 Å². The van der Waals surface area contributed by atoms with Crippen molar-refractivity contribution >= 4 is 16.9 Å². The normalized spacial score (nSPS) is 22.0. The number of para-hydroxylation sites is 2. The largest absolute Gasteiger partial charge is 0.475 e. The fourth-order valence-corrected chi connectivity index (χ4v) is 2.83. The smallest absolute Gasteiger partial charge is 0.258 e. The topological polar surface area (TPSA) is 47.5 Å². The number of rotatable bonds is 4. The Bertz CT molecular complexity index is 637. The predicted molar refractivity (Wildman–Crippen MR) is 87.5 cm³/mol. The second-order valence-electron chi connectivity index (χ2n) is 5.85. The van der Waals surface area contributed by atoms with E-state index in [1.807, 2.05) is 24.3 Å². The molecule has 22 heavy (non-hydrogen) atoms. The Balaban J connectivity index is 2.01. The summed E-state index contributed by atoms with van der Waals surface area (Å²) in [6, 6.07) is 7.91. The molecule has 1 saturated heterocycles. The van der Waals surface area contributed by atoms with Crippen molar-refractivity contribution in [3.63, 3.8) is 0 Å². The number of hydrogen-bond donors (Lipinski definition) is 0. The summed E-state index contributed by atoms with van der Waals surface area (Å²) in [7, 11) is 0. The van der Waals surface area contributed by atoms with E-state index in [2.05, 4.69) is 30.7 Å². The van der Waals surface area contributed by atoms with E-state index in [9.17, 15) is 0 Å². The lowest BCUT2D eigenvalue weighted by atomic mass is 10.2. The Morgan fingerprint density at radius 3 is 2.41 bits per heavy atom. The summed E-state index contributed by atoms with van der Waals surface area (Å²) >= 11 is 0. The first-order valence-corrected chi connectivity index (χ1v) is 7.97. The van der Waals surface area contributed by atoms with Gasteiger partial charge >= 0.3 is 0 Å². The Kier molecular flexibility index (Phi) is 4.43. The van der Waals surface area contributed by atoms with Crippen LogP contribution in [0.2, 0.25) is 0 Å². The van der Waals surface area contributed by atoms with Gasteiger partial charge in [0.25, 0.3) is 5.88 Å². The number of fused-ring (bicyclic) bond motifs is 1. The zero-order chi connectivity index (χ0) is 15.5. The van der Waals surface area contributed by atoms with Crippen LogP contribution >= 0.6 is 0 Å². The molecule has 0 bridgehead atoms. The van der Waals surface area contributed by atoms with Gasteiger partial charge in [-0.25, -0.2) is 9.97 Å². The van der Waals surface area contributed by atoms with Crippen LogP contribution in [-0.2, 0) is 4.74 Å². The number of aromatic nitrogens is 2. The van der Waals surface area contributed by atoms with Crippen molar-refractivity contribution in [2.75, 3.05) is 24.6 Å². The van der Waals surface area contributed by atoms with Crippen LogP contribution in [0.5, 0.6) is 5.88 Å². The average molecular weight is 301 g/mol. The molecule has 1 aromatic carbocycles. The van der Waals surface area contributed by atoms with Gasteiger partial charge in [0.2, 0.25) is 0 Å². The number of ether oxygens (including phenoxy) is 2. The molecule has 5 nitrogen and oxygen atoms in total. The molecule has 3 rings (SSSR count). The first-order chi connectivity index (χ1) is 10.7. The summed E-state index contributed by atoms with van der Waals surface area (Å²) < 4.78 is 11.7. The van der Waals surface area contributed by atoms with Gasteiger partial charge in [0, 0.05) is 13.1 Å². The maximum Gasteiger partial charge on any atom is 0.258 e. The molecule has 2 heterocycles. The molecule has 0 N–H and O–H groups in total. The van der Waals surface area contributed by atoms with Gasteiger partial charge in [-0.05, 0) is 32.4 Å². The van der Waals surface area contributed by atoms with Crippen LogP contribution in [0.15, 0.2) is 24.3 Å². The summed E-state index contributed by atoms with van der Waals surface area (Å²) in [6.45, 7) is 8.52. The highest BCUT2D eigenvalue weighted by atomic mass is 16.5. The molecule has 1 aliphatic heterocycles. The van der Waals surface area contributed by atoms with Gasteiger partial charge in [0.05, 0.1) is 29.8 Å². The highest BCUT2D eigenvalue weighted by Gasteiger charge is 2.26. The fraction of sp³-hybridized carbons (Fsp3) is 0.529. The zero-order valence-electron chi connectivity index (χ0n) is 13.5. The Morgan fingerprint density at radius 2 is 1.77 bits per heavy atom. The minimum absolute atomic E-state index is 0.177. The van der Waals surface area contributed by atoms with Crippen molar-refractivity contribution in [2.24, 2.45) is 0 Å². The van der Waals surface area contributed by atoms with Gasteiger partial charge in [-0.1, -0.05) is 19.1 Å². The van der Waals surface area contributed by atoms with Crippen LogP contribution in [0.4, 0.5) is 5.82 Å². The Hall–Kier alpha value is -1.88. The fourth-order valence-electron chi connectivity index (χ4n) is 2.83. The van der Waals surface area contributed by atoms with Crippen molar-refractivity contribution < 1.29 is 9.47 Å². The minimum atomic E-state index is 0.177. The maximum atomic E-state index is 5.86. The van der Waals surface area contributed by atoms with Crippen LogP contribution in [-0.4, -0.2) is 41.9 Å². The molecule has 0 spiro atoms. The molecule has 0 saturated carbocycles. The predicted octanol–water partition coefficient (Wildman–Crippen LogP) is 3.03.